The van der Waals surface area contributed by atoms with Gasteiger partial charge in [-0.2, -0.15) is 0 Å². The van der Waals surface area contributed by atoms with Crippen LogP contribution in [0.4, 0.5) is 0 Å². The molecule has 0 aromatic carbocycles. The largest absolute Gasteiger partial charge is 0.312 e. The van der Waals surface area contributed by atoms with Crippen LogP contribution in [0.3, 0.4) is 0 Å². The van der Waals surface area contributed by atoms with Crippen molar-refractivity contribution < 1.29 is 0 Å². The van der Waals surface area contributed by atoms with E-state index in [1.54, 1.807) is 0 Å². The molecular formula is C19H32N2O. The molecule has 1 aliphatic carbocycles. The summed E-state index contributed by atoms with van der Waals surface area (Å²) in [6.07, 6.45) is 7.14. The summed E-state index contributed by atoms with van der Waals surface area (Å²) < 4.78 is 2.11. The van der Waals surface area contributed by atoms with Crippen molar-refractivity contribution in [2.45, 2.75) is 84.2 Å². The third-order valence-corrected chi connectivity index (χ3v) is 4.68. The summed E-state index contributed by atoms with van der Waals surface area (Å²) in [4.78, 5) is 13.0. The highest BCUT2D eigenvalue weighted by Crippen LogP contribution is 2.32. The van der Waals surface area contributed by atoms with E-state index in [0.29, 0.717) is 12.6 Å². The fraction of sp³-hybridized carbons (Fsp3) is 0.737. The minimum atomic E-state index is 0.00984. The second-order valence-corrected chi connectivity index (χ2v) is 7.64. The molecule has 1 fully saturated rings. The van der Waals surface area contributed by atoms with E-state index in [1.165, 1.54) is 25.0 Å². The molecular weight excluding hydrogens is 272 g/mol. The summed E-state index contributed by atoms with van der Waals surface area (Å²) in [5, 5.41) is 3.41. The molecule has 0 amide bonds. The second kappa shape index (κ2) is 7.45. The standard InChI is InChI=1S/C19H32N2O/c1-5-6-13-20-14-15-11-12-17(19(2,3)4)21(18(15)22)16-9-7-8-10-16/h11-12,16,20H,5-10,13-14H2,1-4H3. The van der Waals surface area contributed by atoms with Crippen molar-refractivity contribution >= 4 is 0 Å². The van der Waals surface area contributed by atoms with Crippen molar-refractivity contribution in [3.8, 4) is 0 Å². The van der Waals surface area contributed by atoms with Crippen LogP contribution in [0.5, 0.6) is 0 Å². The van der Waals surface area contributed by atoms with Gasteiger partial charge in [0.2, 0.25) is 0 Å². The molecule has 1 aromatic heterocycles. The number of hydrogen-bond acceptors (Lipinski definition) is 2. The molecule has 0 radical (unpaired) electrons. The highest BCUT2D eigenvalue weighted by molar-refractivity contribution is 5.22. The lowest BCUT2D eigenvalue weighted by atomic mass is 9.90. The number of pyridine rings is 1. The van der Waals surface area contributed by atoms with Crippen LogP contribution in [0.25, 0.3) is 0 Å². The number of nitrogens with zero attached hydrogens (tertiary/aromatic N) is 1. The Labute approximate surface area is 135 Å². The summed E-state index contributed by atoms with van der Waals surface area (Å²) in [5.41, 5.74) is 2.33. The molecule has 3 nitrogen and oxygen atoms in total. The number of hydrogen-bond donors (Lipinski definition) is 1. The zero-order valence-electron chi connectivity index (χ0n) is 14.7. The first-order valence-corrected chi connectivity index (χ1v) is 8.90. The predicted molar refractivity (Wildman–Crippen MR) is 93.5 cm³/mol. The molecule has 0 saturated heterocycles. The maximum atomic E-state index is 13.0. The van der Waals surface area contributed by atoms with Crippen molar-refractivity contribution in [2.24, 2.45) is 0 Å². The normalized spacial score (nSPS) is 16.4. The van der Waals surface area contributed by atoms with Crippen molar-refractivity contribution in [1.82, 2.24) is 9.88 Å². The Morgan fingerprint density at radius 2 is 1.91 bits per heavy atom. The van der Waals surface area contributed by atoms with Gasteiger partial charge in [0.05, 0.1) is 0 Å². The van der Waals surface area contributed by atoms with Gasteiger partial charge in [-0.25, -0.2) is 0 Å². The monoisotopic (exact) mass is 304 g/mol. The van der Waals surface area contributed by atoms with Crippen LogP contribution in [0.15, 0.2) is 16.9 Å². The zero-order chi connectivity index (χ0) is 16.2. The van der Waals surface area contributed by atoms with Gasteiger partial charge in [-0.15, -0.1) is 0 Å². The van der Waals surface area contributed by atoms with Crippen LogP contribution in [0, 0.1) is 0 Å². The Morgan fingerprint density at radius 1 is 1.23 bits per heavy atom. The van der Waals surface area contributed by atoms with E-state index in [9.17, 15) is 4.79 Å². The van der Waals surface area contributed by atoms with Gasteiger partial charge >= 0.3 is 0 Å². The summed E-state index contributed by atoms with van der Waals surface area (Å²) in [7, 11) is 0. The van der Waals surface area contributed by atoms with Crippen molar-refractivity contribution in [3.63, 3.8) is 0 Å². The Bertz CT molecular complexity index is 533. The number of aromatic nitrogens is 1. The van der Waals surface area contributed by atoms with Crippen LogP contribution < -0.4 is 10.9 Å². The third kappa shape index (κ3) is 4.01. The summed E-state index contributed by atoms with van der Waals surface area (Å²) in [5.74, 6) is 0. The van der Waals surface area contributed by atoms with Gasteiger partial charge in [0.15, 0.2) is 0 Å². The molecule has 3 heteroatoms. The maximum Gasteiger partial charge on any atom is 0.255 e. The maximum absolute atomic E-state index is 13.0. The van der Waals surface area contributed by atoms with Gasteiger partial charge in [-0.3, -0.25) is 4.79 Å². The van der Waals surface area contributed by atoms with Gasteiger partial charge in [0.25, 0.3) is 5.56 Å². The van der Waals surface area contributed by atoms with Crippen LogP contribution in [0.2, 0.25) is 0 Å². The molecule has 0 atom stereocenters. The lowest BCUT2D eigenvalue weighted by Crippen LogP contribution is -2.35. The van der Waals surface area contributed by atoms with Gasteiger partial charge < -0.3 is 9.88 Å². The molecule has 1 aliphatic rings. The Hall–Kier alpha value is -1.09. The molecule has 0 bridgehead atoms. The third-order valence-electron chi connectivity index (χ3n) is 4.68. The number of nitrogens with one attached hydrogen (secondary N) is 1. The molecule has 1 heterocycles. The Morgan fingerprint density at radius 3 is 2.50 bits per heavy atom. The van der Waals surface area contributed by atoms with E-state index >= 15 is 0 Å². The van der Waals surface area contributed by atoms with Gasteiger partial charge in [-0.1, -0.05) is 53.0 Å². The molecule has 0 unspecified atom stereocenters. The van der Waals surface area contributed by atoms with Crippen molar-refractivity contribution in [2.75, 3.05) is 6.54 Å². The lowest BCUT2D eigenvalue weighted by Gasteiger charge is -2.28. The highest BCUT2D eigenvalue weighted by atomic mass is 16.1. The minimum absolute atomic E-state index is 0.00984. The Balaban J connectivity index is 2.31. The van der Waals surface area contributed by atoms with Crippen LogP contribution in [-0.2, 0) is 12.0 Å². The first kappa shape index (κ1) is 17.3. The Kier molecular flexibility index (Phi) is 5.85. The molecule has 2 rings (SSSR count). The summed E-state index contributed by atoms with van der Waals surface area (Å²) in [6, 6.07) is 4.61. The van der Waals surface area contributed by atoms with Crippen LogP contribution in [-0.4, -0.2) is 11.1 Å². The van der Waals surface area contributed by atoms with E-state index < -0.39 is 0 Å². The van der Waals surface area contributed by atoms with E-state index in [2.05, 4.69) is 43.6 Å². The van der Waals surface area contributed by atoms with Crippen LogP contribution >= 0.6 is 0 Å². The molecule has 1 aromatic rings. The van der Waals surface area contributed by atoms with Gasteiger partial charge in [0.1, 0.15) is 0 Å². The van der Waals surface area contributed by atoms with E-state index in [-0.39, 0.29) is 11.0 Å². The summed E-state index contributed by atoms with van der Waals surface area (Å²) in [6.45, 7) is 10.5. The molecule has 124 valence electrons. The average molecular weight is 304 g/mol. The highest BCUT2D eigenvalue weighted by Gasteiger charge is 2.26. The topological polar surface area (TPSA) is 34.0 Å². The van der Waals surface area contributed by atoms with Gasteiger partial charge in [0, 0.05) is 29.3 Å². The van der Waals surface area contributed by atoms with E-state index in [1.807, 2.05) is 6.07 Å². The fourth-order valence-corrected chi connectivity index (χ4v) is 3.39. The first-order valence-electron chi connectivity index (χ1n) is 8.90. The fourth-order valence-electron chi connectivity index (χ4n) is 3.39. The molecule has 1 N–H and O–H groups in total. The molecule has 22 heavy (non-hydrogen) atoms. The van der Waals surface area contributed by atoms with Gasteiger partial charge in [-0.05, 0) is 31.9 Å². The van der Waals surface area contributed by atoms with Crippen molar-refractivity contribution in [1.29, 1.82) is 0 Å². The molecule has 0 aliphatic heterocycles. The molecule has 1 saturated carbocycles. The molecule has 0 spiro atoms. The van der Waals surface area contributed by atoms with Crippen molar-refractivity contribution in [3.05, 3.63) is 33.7 Å². The second-order valence-electron chi connectivity index (χ2n) is 7.64. The van der Waals surface area contributed by atoms with E-state index in [4.69, 9.17) is 0 Å². The first-order chi connectivity index (χ1) is 10.4. The SMILES string of the molecule is CCCCNCc1ccc(C(C)(C)C)n(C2CCCC2)c1=O. The summed E-state index contributed by atoms with van der Waals surface area (Å²) >= 11 is 0. The van der Waals surface area contributed by atoms with E-state index in [0.717, 1.165) is 31.4 Å². The number of rotatable bonds is 6. The average Bonchev–Trinajstić information content (AvgIpc) is 2.97. The quantitative estimate of drug-likeness (QED) is 0.801. The van der Waals surface area contributed by atoms with Crippen LogP contribution in [0.1, 0.15) is 83.5 Å². The minimum Gasteiger partial charge on any atom is -0.312 e. The number of unbranched alkanes of at least 4 members (excludes halogenated alkanes) is 1. The lowest BCUT2D eigenvalue weighted by molar-refractivity contribution is 0.428. The smallest absolute Gasteiger partial charge is 0.255 e. The predicted octanol–water partition coefficient (Wildman–Crippen LogP) is 4.15. The zero-order valence-corrected chi connectivity index (χ0v) is 14.7.